The maximum atomic E-state index is 12.0. The van der Waals surface area contributed by atoms with Gasteiger partial charge in [-0.25, -0.2) is 0 Å². The number of morpholine rings is 1. The second kappa shape index (κ2) is 7.94. The number of ether oxygens (including phenoxy) is 1. The van der Waals surface area contributed by atoms with Crippen molar-refractivity contribution in [3.8, 4) is 0 Å². The molecule has 0 spiro atoms. The Morgan fingerprint density at radius 1 is 1.17 bits per heavy atom. The summed E-state index contributed by atoms with van der Waals surface area (Å²) in [5.41, 5.74) is 1.77. The van der Waals surface area contributed by atoms with Gasteiger partial charge >= 0.3 is 0 Å². The summed E-state index contributed by atoms with van der Waals surface area (Å²) in [6.07, 6.45) is 0. The molecule has 1 fully saturated rings. The summed E-state index contributed by atoms with van der Waals surface area (Å²) in [4.78, 5) is 26.7. The van der Waals surface area contributed by atoms with Gasteiger partial charge in [0.15, 0.2) is 0 Å². The number of benzene rings is 1. The maximum absolute atomic E-state index is 12.0. The Hall–Kier alpha value is -2.38. The van der Waals surface area contributed by atoms with Crippen molar-refractivity contribution in [1.82, 2.24) is 5.32 Å². The lowest BCUT2D eigenvalue weighted by atomic mass is 10.2. The molecule has 1 aromatic carbocycles. The first-order valence-corrected chi connectivity index (χ1v) is 8.64. The van der Waals surface area contributed by atoms with E-state index in [2.05, 4.69) is 15.5 Å². The minimum absolute atomic E-state index is 0.0570. The number of anilines is 2. The number of amides is 2. The third-order valence-electron chi connectivity index (χ3n) is 3.66. The lowest BCUT2D eigenvalue weighted by molar-refractivity contribution is -0.115. The Morgan fingerprint density at radius 2 is 2.00 bits per heavy atom. The zero-order valence-electron chi connectivity index (χ0n) is 13.2. The van der Waals surface area contributed by atoms with Crippen molar-refractivity contribution in [1.29, 1.82) is 0 Å². The smallest absolute Gasteiger partial charge is 0.261 e. The molecule has 3 rings (SSSR count). The molecule has 2 N–H and O–H groups in total. The van der Waals surface area contributed by atoms with Crippen LogP contribution in [0.5, 0.6) is 0 Å². The Labute approximate surface area is 144 Å². The Morgan fingerprint density at radius 3 is 2.75 bits per heavy atom. The van der Waals surface area contributed by atoms with Crippen molar-refractivity contribution in [3.63, 3.8) is 0 Å². The van der Waals surface area contributed by atoms with Gasteiger partial charge in [0.05, 0.1) is 24.6 Å². The highest BCUT2D eigenvalue weighted by atomic mass is 32.1. The van der Waals surface area contributed by atoms with E-state index in [-0.39, 0.29) is 18.4 Å². The molecule has 0 radical (unpaired) electrons. The molecular formula is C17H19N3O3S. The molecule has 1 aliphatic heterocycles. The number of carbonyl (C=O) groups is 2. The van der Waals surface area contributed by atoms with Crippen LogP contribution in [0, 0.1) is 0 Å². The van der Waals surface area contributed by atoms with Crippen molar-refractivity contribution < 1.29 is 14.3 Å². The summed E-state index contributed by atoms with van der Waals surface area (Å²) >= 11 is 1.34. The molecule has 0 saturated carbocycles. The number of thiophene rings is 1. The molecule has 1 saturated heterocycles. The van der Waals surface area contributed by atoms with Gasteiger partial charge in [-0.05, 0) is 29.6 Å². The molecule has 0 atom stereocenters. The third-order valence-corrected chi connectivity index (χ3v) is 4.53. The highest BCUT2D eigenvalue weighted by molar-refractivity contribution is 7.12. The van der Waals surface area contributed by atoms with Crippen LogP contribution >= 0.6 is 11.3 Å². The Kier molecular flexibility index (Phi) is 5.45. The van der Waals surface area contributed by atoms with Crippen LogP contribution < -0.4 is 15.5 Å². The SMILES string of the molecule is O=C(CNC(=O)c1cccs1)Nc1cccc(N2CCOCC2)c1. The van der Waals surface area contributed by atoms with Crippen LogP contribution in [0.4, 0.5) is 11.4 Å². The van der Waals surface area contributed by atoms with Crippen LogP contribution in [-0.2, 0) is 9.53 Å². The quantitative estimate of drug-likeness (QED) is 0.869. The highest BCUT2D eigenvalue weighted by Gasteiger charge is 2.12. The van der Waals surface area contributed by atoms with Crippen LogP contribution in [-0.4, -0.2) is 44.7 Å². The van der Waals surface area contributed by atoms with E-state index in [1.165, 1.54) is 11.3 Å². The molecule has 24 heavy (non-hydrogen) atoms. The summed E-state index contributed by atoms with van der Waals surface area (Å²) < 4.78 is 5.35. The van der Waals surface area contributed by atoms with Crippen molar-refractivity contribution in [2.45, 2.75) is 0 Å². The molecule has 7 heteroatoms. The fraction of sp³-hybridized carbons (Fsp3) is 0.294. The second-order valence-electron chi connectivity index (χ2n) is 5.36. The lowest BCUT2D eigenvalue weighted by Crippen LogP contribution is -2.36. The van der Waals surface area contributed by atoms with Crippen LogP contribution in [0.1, 0.15) is 9.67 Å². The average Bonchev–Trinajstić information content (AvgIpc) is 3.15. The topological polar surface area (TPSA) is 70.7 Å². The normalized spacial score (nSPS) is 14.2. The number of rotatable bonds is 5. The summed E-state index contributed by atoms with van der Waals surface area (Å²) in [6, 6.07) is 11.2. The fourth-order valence-corrected chi connectivity index (χ4v) is 3.10. The van der Waals surface area contributed by atoms with Crippen molar-refractivity contribution in [3.05, 3.63) is 46.7 Å². The van der Waals surface area contributed by atoms with E-state index in [4.69, 9.17) is 4.74 Å². The van der Waals surface area contributed by atoms with Crippen molar-refractivity contribution in [2.75, 3.05) is 43.1 Å². The average molecular weight is 345 g/mol. The molecule has 2 amide bonds. The van der Waals surface area contributed by atoms with Gasteiger partial charge in [0, 0.05) is 24.5 Å². The number of hydrogen-bond donors (Lipinski definition) is 2. The zero-order valence-corrected chi connectivity index (χ0v) is 14.0. The molecule has 0 aliphatic carbocycles. The van der Waals surface area contributed by atoms with E-state index in [1.54, 1.807) is 12.1 Å². The van der Waals surface area contributed by atoms with Crippen molar-refractivity contribution in [2.24, 2.45) is 0 Å². The number of nitrogens with one attached hydrogen (secondary N) is 2. The molecule has 6 nitrogen and oxygen atoms in total. The van der Waals surface area contributed by atoms with Gasteiger partial charge in [-0.15, -0.1) is 11.3 Å². The van der Waals surface area contributed by atoms with Crippen LogP contribution in [0.3, 0.4) is 0 Å². The number of carbonyl (C=O) groups excluding carboxylic acids is 2. The minimum Gasteiger partial charge on any atom is -0.378 e. The molecule has 0 bridgehead atoms. The molecule has 1 aliphatic rings. The monoisotopic (exact) mass is 345 g/mol. The molecule has 2 aromatic rings. The van der Waals surface area contributed by atoms with Gasteiger partial charge in [-0.2, -0.15) is 0 Å². The molecule has 2 heterocycles. The Balaban J connectivity index is 1.53. The summed E-state index contributed by atoms with van der Waals surface area (Å²) in [5, 5.41) is 7.25. The van der Waals surface area contributed by atoms with Crippen LogP contribution in [0.15, 0.2) is 41.8 Å². The summed E-state index contributed by atoms with van der Waals surface area (Å²) in [7, 11) is 0. The van der Waals surface area contributed by atoms with E-state index in [1.807, 2.05) is 29.6 Å². The molecule has 1 aromatic heterocycles. The number of hydrogen-bond acceptors (Lipinski definition) is 5. The first-order chi connectivity index (χ1) is 11.7. The fourth-order valence-electron chi connectivity index (χ4n) is 2.46. The van der Waals surface area contributed by atoms with Crippen molar-refractivity contribution >= 4 is 34.5 Å². The van der Waals surface area contributed by atoms with E-state index < -0.39 is 0 Å². The summed E-state index contributed by atoms with van der Waals surface area (Å²) in [6.45, 7) is 3.05. The van der Waals surface area contributed by atoms with Gasteiger partial charge < -0.3 is 20.3 Å². The first-order valence-electron chi connectivity index (χ1n) is 7.77. The van der Waals surface area contributed by atoms with Gasteiger partial charge in [-0.1, -0.05) is 12.1 Å². The van der Waals surface area contributed by atoms with Gasteiger partial charge in [0.2, 0.25) is 5.91 Å². The van der Waals surface area contributed by atoms with E-state index in [9.17, 15) is 9.59 Å². The first kappa shape index (κ1) is 16.5. The maximum Gasteiger partial charge on any atom is 0.261 e. The van der Waals surface area contributed by atoms with Gasteiger partial charge in [0.1, 0.15) is 0 Å². The summed E-state index contributed by atoms with van der Waals surface area (Å²) in [5.74, 6) is -0.485. The van der Waals surface area contributed by atoms with E-state index in [0.29, 0.717) is 18.1 Å². The predicted molar refractivity (Wildman–Crippen MR) is 94.8 cm³/mol. The van der Waals surface area contributed by atoms with Gasteiger partial charge in [-0.3, -0.25) is 9.59 Å². The van der Waals surface area contributed by atoms with E-state index >= 15 is 0 Å². The van der Waals surface area contributed by atoms with Crippen LogP contribution in [0.2, 0.25) is 0 Å². The standard InChI is InChI=1S/C17H19N3O3S/c21-16(12-18-17(22)15-5-2-10-24-15)19-13-3-1-4-14(11-13)20-6-8-23-9-7-20/h1-5,10-11H,6-9,12H2,(H,18,22)(H,19,21). The molecule has 126 valence electrons. The highest BCUT2D eigenvalue weighted by Crippen LogP contribution is 2.20. The third kappa shape index (κ3) is 4.33. The molecule has 0 unspecified atom stereocenters. The second-order valence-corrected chi connectivity index (χ2v) is 6.31. The zero-order chi connectivity index (χ0) is 16.8. The minimum atomic E-state index is -0.251. The van der Waals surface area contributed by atoms with E-state index in [0.717, 1.165) is 24.5 Å². The van der Waals surface area contributed by atoms with Crippen LogP contribution in [0.25, 0.3) is 0 Å². The predicted octanol–water partition coefficient (Wildman–Crippen LogP) is 1.95. The Bertz CT molecular complexity index is 697. The number of nitrogens with zero attached hydrogens (tertiary/aromatic N) is 1. The molecular weight excluding hydrogens is 326 g/mol. The van der Waals surface area contributed by atoms with Gasteiger partial charge in [0.25, 0.3) is 5.91 Å². The lowest BCUT2D eigenvalue weighted by Gasteiger charge is -2.29. The largest absolute Gasteiger partial charge is 0.378 e.